The fourth-order valence-electron chi connectivity index (χ4n) is 2.49. The molecule has 0 saturated carbocycles. The first-order valence-corrected chi connectivity index (χ1v) is 6.30. The van der Waals surface area contributed by atoms with Crippen LogP contribution >= 0.6 is 12.4 Å². The Morgan fingerprint density at radius 2 is 2.21 bits per heavy atom. The lowest BCUT2D eigenvalue weighted by molar-refractivity contribution is 0.0743. The number of likely N-dealkylation sites (tertiary alicyclic amines) is 1. The SMILES string of the molecule is Cc1ccc(C(=O)N2CC(CN)CC2C)cc1F.Cl. The Morgan fingerprint density at radius 1 is 1.53 bits per heavy atom. The molecule has 2 N–H and O–H groups in total. The number of amides is 1. The Labute approximate surface area is 119 Å². The Morgan fingerprint density at radius 3 is 2.74 bits per heavy atom. The summed E-state index contributed by atoms with van der Waals surface area (Å²) in [5.74, 6) is -0.0697. The maximum Gasteiger partial charge on any atom is 0.254 e. The van der Waals surface area contributed by atoms with Crippen LogP contribution in [-0.4, -0.2) is 29.9 Å². The summed E-state index contributed by atoms with van der Waals surface area (Å²) in [6.45, 7) is 4.97. The molecule has 0 aromatic heterocycles. The van der Waals surface area contributed by atoms with E-state index < -0.39 is 0 Å². The topological polar surface area (TPSA) is 46.3 Å². The molecule has 3 nitrogen and oxygen atoms in total. The summed E-state index contributed by atoms with van der Waals surface area (Å²) in [6, 6.07) is 4.82. The van der Waals surface area contributed by atoms with Crippen LogP contribution in [0.2, 0.25) is 0 Å². The van der Waals surface area contributed by atoms with E-state index in [-0.39, 0.29) is 30.2 Å². The first-order chi connectivity index (χ1) is 8.52. The van der Waals surface area contributed by atoms with Gasteiger partial charge in [-0.05, 0) is 50.4 Å². The van der Waals surface area contributed by atoms with Gasteiger partial charge in [0.1, 0.15) is 5.82 Å². The van der Waals surface area contributed by atoms with Crippen molar-refractivity contribution in [3.63, 3.8) is 0 Å². The molecule has 1 fully saturated rings. The lowest BCUT2D eigenvalue weighted by atomic mass is 10.1. The molecule has 1 aromatic rings. The van der Waals surface area contributed by atoms with Gasteiger partial charge in [0.25, 0.3) is 5.91 Å². The summed E-state index contributed by atoms with van der Waals surface area (Å²) in [5, 5.41) is 0. The number of carbonyl (C=O) groups excluding carboxylic acids is 1. The minimum Gasteiger partial charge on any atom is -0.336 e. The van der Waals surface area contributed by atoms with Crippen LogP contribution < -0.4 is 5.73 Å². The predicted molar refractivity (Wildman–Crippen MR) is 76.0 cm³/mol. The fourth-order valence-corrected chi connectivity index (χ4v) is 2.49. The van der Waals surface area contributed by atoms with E-state index >= 15 is 0 Å². The normalized spacial score (nSPS) is 22.2. The van der Waals surface area contributed by atoms with Crippen LogP contribution in [0.25, 0.3) is 0 Å². The molecule has 2 unspecified atom stereocenters. The van der Waals surface area contributed by atoms with Gasteiger partial charge in [-0.25, -0.2) is 4.39 Å². The van der Waals surface area contributed by atoms with Gasteiger partial charge in [-0.1, -0.05) is 6.07 Å². The minimum atomic E-state index is -0.330. The molecule has 2 atom stereocenters. The van der Waals surface area contributed by atoms with Crippen molar-refractivity contribution in [2.24, 2.45) is 11.7 Å². The number of nitrogens with zero attached hydrogens (tertiary/aromatic N) is 1. The third-order valence-electron chi connectivity index (χ3n) is 3.67. The molecule has 0 bridgehead atoms. The second-order valence-electron chi connectivity index (χ2n) is 5.11. The summed E-state index contributed by atoms with van der Waals surface area (Å²) >= 11 is 0. The number of hydrogen-bond donors (Lipinski definition) is 1. The number of halogens is 2. The summed E-state index contributed by atoms with van der Waals surface area (Å²) in [4.78, 5) is 14.1. The van der Waals surface area contributed by atoms with Crippen molar-refractivity contribution in [2.75, 3.05) is 13.1 Å². The maximum atomic E-state index is 13.5. The van der Waals surface area contributed by atoms with E-state index in [4.69, 9.17) is 5.73 Å². The van der Waals surface area contributed by atoms with Crippen molar-refractivity contribution in [3.8, 4) is 0 Å². The van der Waals surface area contributed by atoms with E-state index in [2.05, 4.69) is 0 Å². The van der Waals surface area contributed by atoms with Crippen molar-refractivity contribution in [1.29, 1.82) is 0 Å². The van der Waals surface area contributed by atoms with Crippen molar-refractivity contribution >= 4 is 18.3 Å². The number of nitrogens with two attached hydrogens (primary N) is 1. The Hall–Kier alpha value is -1.13. The van der Waals surface area contributed by atoms with Gasteiger partial charge in [0.15, 0.2) is 0 Å². The van der Waals surface area contributed by atoms with E-state index in [0.717, 1.165) is 6.42 Å². The molecule has 19 heavy (non-hydrogen) atoms. The Kier molecular flexibility index (Phi) is 5.32. The zero-order chi connectivity index (χ0) is 13.3. The maximum absolute atomic E-state index is 13.5. The molecule has 5 heteroatoms. The van der Waals surface area contributed by atoms with Gasteiger partial charge in [-0.2, -0.15) is 0 Å². The smallest absolute Gasteiger partial charge is 0.254 e. The molecular weight excluding hydrogens is 267 g/mol. The number of rotatable bonds is 2. The van der Waals surface area contributed by atoms with Gasteiger partial charge >= 0.3 is 0 Å². The highest BCUT2D eigenvalue weighted by atomic mass is 35.5. The molecule has 0 aliphatic carbocycles. The van der Waals surface area contributed by atoms with Gasteiger partial charge in [0, 0.05) is 18.2 Å². The van der Waals surface area contributed by atoms with Crippen molar-refractivity contribution in [2.45, 2.75) is 26.3 Å². The van der Waals surface area contributed by atoms with Crippen LogP contribution in [0.1, 0.15) is 29.3 Å². The van der Waals surface area contributed by atoms with Crippen LogP contribution in [0.15, 0.2) is 18.2 Å². The van der Waals surface area contributed by atoms with E-state index in [1.54, 1.807) is 24.0 Å². The second kappa shape index (κ2) is 6.35. The summed E-state index contributed by atoms with van der Waals surface area (Å²) in [7, 11) is 0. The fraction of sp³-hybridized carbons (Fsp3) is 0.500. The van der Waals surface area contributed by atoms with Crippen molar-refractivity contribution in [3.05, 3.63) is 35.1 Å². The first kappa shape index (κ1) is 15.9. The quantitative estimate of drug-likeness (QED) is 0.907. The van der Waals surface area contributed by atoms with Crippen molar-refractivity contribution < 1.29 is 9.18 Å². The molecule has 1 heterocycles. The van der Waals surface area contributed by atoms with Gasteiger partial charge in [0.05, 0.1) is 0 Å². The van der Waals surface area contributed by atoms with E-state index in [1.165, 1.54) is 6.07 Å². The van der Waals surface area contributed by atoms with E-state index in [0.29, 0.717) is 30.1 Å². The average Bonchev–Trinajstić information content (AvgIpc) is 2.73. The van der Waals surface area contributed by atoms with Crippen LogP contribution in [0, 0.1) is 18.7 Å². The summed E-state index contributed by atoms with van der Waals surface area (Å²) in [5.41, 5.74) is 6.62. The van der Waals surface area contributed by atoms with Crippen LogP contribution in [0.3, 0.4) is 0 Å². The summed E-state index contributed by atoms with van der Waals surface area (Å²) < 4.78 is 13.5. The molecule has 0 radical (unpaired) electrons. The Bertz CT molecular complexity index is 467. The number of aryl methyl sites for hydroxylation is 1. The number of hydrogen-bond acceptors (Lipinski definition) is 2. The zero-order valence-electron chi connectivity index (χ0n) is 11.2. The molecule has 2 rings (SSSR count). The zero-order valence-corrected chi connectivity index (χ0v) is 12.0. The summed E-state index contributed by atoms with van der Waals surface area (Å²) in [6.07, 6.45) is 0.927. The highest BCUT2D eigenvalue weighted by Crippen LogP contribution is 2.24. The van der Waals surface area contributed by atoms with Gasteiger partial charge in [-0.15, -0.1) is 12.4 Å². The molecule has 0 spiro atoms. The van der Waals surface area contributed by atoms with E-state index in [1.807, 2.05) is 6.92 Å². The third-order valence-corrected chi connectivity index (χ3v) is 3.67. The van der Waals surface area contributed by atoms with Crippen LogP contribution in [0.4, 0.5) is 4.39 Å². The molecule has 1 amide bonds. The minimum absolute atomic E-state index is 0. The van der Waals surface area contributed by atoms with Crippen LogP contribution in [-0.2, 0) is 0 Å². The highest BCUT2D eigenvalue weighted by molar-refractivity contribution is 5.94. The molecular formula is C14H20ClFN2O. The standard InChI is InChI=1S/C14H19FN2O.ClH/c1-9-3-4-12(6-13(9)15)14(18)17-8-11(7-16)5-10(17)2;/h3-4,6,10-11H,5,7-8,16H2,1-2H3;1H. The molecule has 106 valence electrons. The van der Waals surface area contributed by atoms with Gasteiger partial charge in [-0.3, -0.25) is 4.79 Å². The molecule has 1 aliphatic heterocycles. The number of carbonyl (C=O) groups is 1. The molecule has 1 aromatic carbocycles. The van der Waals surface area contributed by atoms with Crippen molar-refractivity contribution in [1.82, 2.24) is 4.90 Å². The highest BCUT2D eigenvalue weighted by Gasteiger charge is 2.32. The van der Waals surface area contributed by atoms with Crippen LogP contribution in [0.5, 0.6) is 0 Å². The lowest BCUT2D eigenvalue weighted by Gasteiger charge is -2.21. The monoisotopic (exact) mass is 286 g/mol. The number of benzene rings is 1. The Balaban J connectivity index is 0.00000180. The molecule has 1 saturated heterocycles. The molecule has 1 aliphatic rings. The third kappa shape index (κ3) is 3.25. The lowest BCUT2D eigenvalue weighted by Crippen LogP contribution is -2.34. The largest absolute Gasteiger partial charge is 0.336 e. The second-order valence-corrected chi connectivity index (χ2v) is 5.11. The van der Waals surface area contributed by atoms with Gasteiger partial charge < -0.3 is 10.6 Å². The predicted octanol–water partition coefficient (Wildman–Crippen LogP) is 2.37. The van der Waals surface area contributed by atoms with Gasteiger partial charge in [0.2, 0.25) is 0 Å². The van der Waals surface area contributed by atoms with E-state index in [9.17, 15) is 9.18 Å². The average molecular weight is 287 g/mol. The first-order valence-electron chi connectivity index (χ1n) is 6.30.